The molecule has 1 aromatic rings. The SMILES string of the molecule is CC(C)(C)NCCC(=O)Nc1cccc(CCCO)c1. The lowest BCUT2D eigenvalue weighted by atomic mass is 10.1. The van der Waals surface area contributed by atoms with Gasteiger partial charge in [-0.1, -0.05) is 12.1 Å². The second-order valence-electron chi connectivity index (χ2n) is 6.00. The Balaban J connectivity index is 2.41. The standard InChI is InChI=1S/C16H26N2O2/c1-16(2,3)17-10-9-15(20)18-14-8-4-6-13(12-14)7-5-11-19/h4,6,8,12,17,19H,5,7,9-11H2,1-3H3,(H,18,20). The topological polar surface area (TPSA) is 61.4 Å². The minimum Gasteiger partial charge on any atom is -0.396 e. The third-order valence-electron chi connectivity index (χ3n) is 2.84. The summed E-state index contributed by atoms with van der Waals surface area (Å²) in [6.07, 6.45) is 2.02. The van der Waals surface area contributed by atoms with Crippen LogP contribution >= 0.6 is 0 Å². The molecule has 0 heterocycles. The molecule has 0 aromatic heterocycles. The summed E-state index contributed by atoms with van der Waals surface area (Å²) in [5, 5.41) is 15.0. The largest absolute Gasteiger partial charge is 0.396 e. The maximum atomic E-state index is 11.8. The lowest BCUT2D eigenvalue weighted by Gasteiger charge is -2.20. The number of carbonyl (C=O) groups excluding carboxylic acids is 1. The number of aryl methyl sites for hydroxylation is 1. The van der Waals surface area contributed by atoms with Crippen LogP contribution in [0.15, 0.2) is 24.3 Å². The van der Waals surface area contributed by atoms with Gasteiger partial charge in [0.1, 0.15) is 0 Å². The van der Waals surface area contributed by atoms with Gasteiger partial charge in [0.2, 0.25) is 5.91 Å². The Morgan fingerprint density at radius 3 is 2.70 bits per heavy atom. The van der Waals surface area contributed by atoms with Crippen LogP contribution in [-0.4, -0.2) is 29.7 Å². The van der Waals surface area contributed by atoms with Gasteiger partial charge < -0.3 is 15.7 Å². The van der Waals surface area contributed by atoms with Crippen molar-refractivity contribution in [3.8, 4) is 0 Å². The van der Waals surface area contributed by atoms with Crippen molar-refractivity contribution in [1.82, 2.24) is 5.32 Å². The fourth-order valence-electron chi connectivity index (χ4n) is 1.86. The van der Waals surface area contributed by atoms with Gasteiger partial charge in [0, 0.05) is 30.8 Å². The van der Waals surface area contributed by atoms with Gasteiger partial charge >= 0.3 is 0 Å². The summed E-state index contributed by atoms with van der Waals surface area (Å²) in [5.41, 5.74) is 1.98. The zero-order chi connectivity index (χ0) is 15.0. The summed E-state index contributed by atoms with van der Waals surface area (Å²) < 4.78 is 0. The van der Waals surface area contributed by atoms with E-state index in [1.165, 1.54) is 0 Å². The van der Waals surface area contributed by atoms with Crippen LogP contribution < -0.4 is 10.6 Å². The molecule has 112 valence electrons. The molecule has 0 bridgehead atoms. The van der Waals surface area contributed by atoms with Crippen LogP contribution in [-0.2, 0) is 11.2 Å². The highest BCUT2D eigenvalue weighted by Crippen LogP contribution is 2.12. The zero-order valence-electron chi connectivity index (χ0n) is 12.7. The van der Waals surface area contributed by atoms with Gasteiger partial charge in [-0.15, -0.1) is 0 Å². The molecule has 0 spiro atoms. The monoisotopic (exact) mass is 278 g/mol. The fraction of sp³-hybridized carbons (Fsp3) is 0.562. The van der Waals surface area contributed by atoms with Gasteiger partial charge in [0.15, 0.2) is 0 Å². The molecule has 0 radical (unpaired) electrons. The Labute approximate surface area is 121 Å². The summed E-state index contributed by atoms with van der Waals surface area (Å²) in [4.78, 5) is 11.8. The van der Waals surface area contributed by atoms with E-state index in [9.17, 15) is 4.79 Å². The molecule has 1 aromatic carbocycles. The van der Waals surface area contributed by atoms with Crippen LogP contribution in [0, 0.1) is 0 Å². The van der Waals surface area contributed by atoms with Crippen molar-refractivity contribution in [2.75, 3.05) is 18.5 Å². The van der Waals surface area contributed by atoms with Gasteiger partial charge in [-0.05, 0) is 51.3 Å². The Bertz CT molecular complexity index is 425. The van der Waals surface area contributed by atoms with Gasteiger partial charge in [-0.3, -0.25) is 4.79 Å². The molecular formula is C16H26N2O2. The minimum atomic E-state index is 0.0149. The number of rotatable bonds is 7. The molecule has 20 heavy (non-hydrogen) atoms. The molecule has 3 N–H and O–H groups in total. The predicted molar refractivity (Wildman–Crippen MR) is 82.9 cm³/mol. The summed E-state index contributed by atoms with van der Waals surface area (Å²) in [7, 11) is 0. The third kappa shape index (κ3) is 7.26. The number of amides is 1. The van der Waals surface area contributed by atoms with E-state index in [2.05, 4.69) is 31.4 Å². The number of benzene rings is 1. The molecule has 0 aliphatic carbocycles. The van der Waals surface area contributed by atoms with E-state index in [-0.39, 0.29) is 18.1 Å². The van der Waals surface area contributed by atoms with Gasteiger partial charge in [0.05, 0.1) is 0 Å². The van der Waals surface area contributed by atoms with Crippen LogP contribution in [0.1, 0.15) is 39.2 Å². The number of nitrogens with one attached hydrogen (secondary N) is 2. The Hall–Kier alpha value is -1.39. The molecule has 4 heteroatoms. The molecule has 0 unspecified atom stereocenters. The maximum Gasteiger partial charge on any atom is 0.225 e. The van der Waals surface area contributed by atoms with Crippen molar-refractivity contribution < 1.29 is 9.90 Å². The van der Waals surface area contributed by atoms with Crippen LogP contribution in [0.5, 0.6) is 0 Å². The first-order chi connectivity index (χ1) is 9.40. The third-order valence-corrected chi connectivity index (χ3v) is 2.84. The molecule has 4 nitrogen and oxygen atoms in total. The van der Waals surface area contributed by atoms with Gasteiger partial charge in [-0.2, -0.15) is 0 Å². The minimum absolute atomic E-state index is 0.0149. The first-order valence-electron chi connectivity index (χ1n) is 7.15. The van der Waals surface area contributed by atoms with Crippen LogP contribution in [0.2, 0.25) is 0 Å². The highest BCUT2D eigenvalue weighted by molar-refractivity contribution is 5.90. The molecule has 0 saturated carbocycles. The van der Waals surface area contributed by atoms with Crippen LogP contribution in [0.4, 0.5) is 5.69 Å². The fourth-order valence-corrected chi connectivity index (χ4v) is 1.86. The zero-order valence-corrected chi connectivity index (χ0v) is 12.7. The molecular weight excluding hydrogens is 252 g/mol. The van der Waals surface area contributed by atoms with E-state index in [0.29, 0.717) is 13.0 Å². The average Bonchev–Trinajstić information content (AvgIpc) is 2.35. The average molecular weight is 278 g/mol. The number of carbonyl (C=O) groups is 1. The van der Waals surface area contributed by atoms with Crippen molar-refractivity contribution in [3.05, 3.63) is 29.8 Å². The molecule has 0 fully saturated rings. The summed E-state index contributed by atoms with van der Waals surface area (Å²) >= 11 is 0. The lowest BCUT2D eigenvalue weighted by Crippen LogP contribution is -2.37. The maximum absolute atomic E-state index is 11.8. The van der Waals surface area contributed by atoms with E-state index < -0.39 is 0 Å². The quantitative estimate of drug-likeness (QED) is 0.717. The Kier molecular flexibility index (Phi) is 6.68. The summed E-state index contributed by atoms with van der Waals surface area (Å²) in [5.74, 6) is 0.0149. The lowest BCUT2D eigenvalue weighted by molar-refractivity contribution is -0.116. The number of hydrogen-bond donors (Lipinski definition) is 3. The number of aliphatic hydroxyl groups excluding tert-OH is 1. The van der Waals surface area contributed by atoms with Crippen molar-refractivity contribution in [2.45, 2.75) is 45.6 Å². The van der Waals surface area contributed by atoms with E-state index in [4.69, 9.17) is 5.11 Å². The Morgan fingerprint density at radius 2 is 2.05 bits per heavy atom. The van der Waals surface area contributed by atoms with E-state index >= 15 is 0 Å². The van der Waals surface area contributed by atoms with E-state index in [0.717, 1.165) is 24.1 Å². The molecule has 0 aliphatic heterocycles. The highest BCUT2D eigenvalue weighted by Gasteiger charge is 2.09. The second kappa shape index (κ2) is 8.02. The highest BCUT2D eigenvalue weighted by atomic mass is 16.2. The van der Waals surface area contributed by atoms with Crippen LogP contribution in [0.25, 0.3) is 0 Å². The van der Waals surface area contributed by atoms with Crippen LogP contribution in [0.3, 0.4) is 0 Å². The van der Waals surface area contributed by atoms with E-state index in [1.807, 2.05) is 24.3 Å². The molecule has 0 atom stereocenters. The van der Waals surface area contributed by atoms with Gasteiger partial charge in [-0.25, -0.2) is 0 Å². The molecule has 0 saturated heterocycles. The molecule has 1 rings (SSSR count). The first kappa shape index (κ1) is 16.7. The van der Waals surface area contributed by atoms with Crippen molar-refractivity contribution in [1.29, 1.82) is 0 Å². The molecule has 0 aliphatic rings. The normalized spacial score (nSPS) is 11.4. The van der Waals surface area contributed by atoms with Gasteiger partial charge in [0.25, 0.3) is 0 Å². The van der Waals surface area contributed by atoms with E-state index in [1.54, 1.807) is 0 Å². The van der Waals surface area contributed by atoms with Crippen molar-refractivity contribution in [2.24, 2.45) is 0 Å². The first-order valence-corrected chi connectivity index (χ1v) is 7.15. The summed E-state index contributed by atoms with van der Waals surface area (Å²) in [6.45, 7) is 7.09. The second-order valence-corrected chi connectivity index (χ2v) is 6.00. The predicted octanol–water partition coefficient (Wildman–Crippen LogP) is 2.33. The summed E-state index contributed by atoms with van der Waals surface area (Å²) in [6, 6.07) is 7.78. The molecule has 1 amide bonds. The smallest absolute Gasteiger partial charge is 0.225 e. The number of aliphatic hydroxyl groups is 1. The van der Waals surface area contributed by atoms with Crippen molar-refractivity contribution in [3.63, 3.8) is 0 Å². The van der Waals surface area contributed by atoms with Crippen molar-refractivity contribution >= 4 is 11.6 Å². The Morgan fingerprint density at radius 1 is 1.30 bits per heavy atom. The number of hydrogen-bond acceptors (Lipinski definition) is 3. The number of anilines is 1.